The number of hydrogen-bond acceptors (Lipinski definition) is 9. The molecule has 0 aromatic carbocycles. The molecule has 0 aromatic rings. The second-order valence-corrected chi connectivity index (χ2v) is 16.6. The molecule has 11 atom stereocenters. The molecule has 9 heteroatoms. The smallest absolute Gasteiger partial charge is 0.335 e. The van der Waals surface area contributed by atoms with E-state index in [1.54, 1.807) is 6.08 Å². The SMILES string of the molecule is O=C1C=C2C([C@@H]3CC4=C([C@@H]5CC6=CC(=O)O[C@]67C[C@H]5N5CCCC[C@@H]57)C(=O)O[C@@]45C[C@@H]3N3CCC[C@@H]35)=C[C@@H]3C[C@@]2(O1)[C@H]1CCCN31. The molecule has 240 valence electrons. The first-order chi connectivity index (χ1) is 22.4. The molecule has 0 N–H and O–H groups in total. The van der Waals surface area contributed by atoms with Crippen LogP contribution in [-0.4, -0.2) is 105 Å². The fourth-order valence-corrected chi connectivity index (χ4v) is 14.0. The molecule has 0 unspecified atom stereocenters. The zero-order valence-electron chi connectivity index (χ0n) is 26.2. The molecule has 6 saturated heterocycles. The van der Waals surface area contributed by atoms with Gasteiger partial charge in [0.2, 0.25) is 0 Å². The molecule has 3 spiro atoms. The maximum absolute atomic E-state index is 14.4. The number of carbonyl (C=O) groups excluding carboxylic acids is 3. The van der Waals surface area contributed by atoms with Gasteiger partial charge in [-0.3, -0.25) is 14.7 Å². The predicted molar refractivity (Wildman–Crippen MR) is 163 cm³/mol. The van der Waals surface area contributed by atoms with Gasteiger partial charge in [-0.15, -0.1) is 0 Å². The summed E-state index contributed by atoms with van der Waals surface area (Å²) in [4.78, 5) is 48.2. The number of fused-ring (bicyclic) bond motifs is 9. The third-order valence-corrected chi connectivity index (χ3v) is 15.3. The summed E-state index contributed by atoms with van der Waals surface area (Å²) in [6, 6.07) is 1.47. The summed E-state index contributed by atoms with van der Waals surface area (Å²) in [7, 11) is 0. The molecule has 2 saturated carbocycles. The monoisotopic (exact) mass is 623 g/mol. The molecule has 9 heterocycles. The molecule has 6 bridgehead atoms. The highest BCUT2D eigenvalue weighted by molar-refractivity contribution is 5.95. The van der Waals surface area contributed by atoms with Gasteiger partial charge in [0.15, 0.2) is 16.8 Å². The van der Waals surface area contributed by atoms with Gasteiger partial charge >= 0.3 is 17.9 Å². The molecule has 0 aromatic heterocycles. The summed E-state index contributed by atoms with van der Waals surface area (Å²) in [6.07, 6.45) is 17.9. The largest absolute Gasteiger partial charge is 0.450 e. The Labute approximate surface area is 268 Å². The third-order valence-electron chi connectivity index (χ3n) is 15.3. The van der Waals surface area contributed by atoms with Crippen LogP contribution < -0.4 is 0 Å². The lowest BCUT2D eigenvalue weighted by Crippen LogP contribution is -2.48. The zero-order valence-corrected chi connectivity index (χ0v) is 26.2. The van der Waals surface area contributed by atoms with E-state index >= 15 is 0 Å². The molecule has 0 radical (unpaired) electrons. The molecular weight excluding hydrogens is 582 g/mol. The first-order valence-corrected chi connectivity index (χ1v) is 18.3. The van der Waals surface area contributed by atoms with Crippen molar-refractivity contribution in [3.05, 3.63) is 46.1 Å². The van der Waals surface area contributed by atoms with E-state index in [1.807, 2.05) is 6.08 Å². The van der Waals surface area contributed by atoms with E-state index in [0.29, 0.717) is 12.5 Å². The summed E-state index contributed by atoms with van der Waals surface area (Å²) >= 11 is 0. The van der Waals surface area contributed by atoms with Gasteiger partial charge in [0, 0.05) is 72.5 Å². The van der Waals surface area contributed by atoms with Crippen molar-refractivity contribution in [3.63, 3.8) is 0 Å². The van der Waals surface area contributed by atoms with Crippen LogP contribution in [0.1, 0.15) is 77.0 Å². The minimum Gasteiger partial charge on any atom is -0.450 e. The van der Waals surface area contributed by atoms with Crippen LogP contribution in [0, 0.1) is 11.8 Å². The molecule has 0 amide bonds. The molecule has 9 nitrogen and oxygen atoms in total. The second-order valence-electron chi connectivity index (χ2n) is 16.6. The van der Waals surface area contributed by atoms with Gasteiger partial charge in [-0.05, 0) is 87.7 Å². The summed E-state index contributed by atoms with van der Waals surface area (Å²) in [5.74, 6) is -0.299. The fourth-order valence-electron chi connectivity index (χ4n) is 14.0. The van der Waals surface area contributed by atoms with Crippen LogP contribution in [0.2, 0.25) is 0 Å². The number of rotatable bonds is 2. The highest BCUT2D eigenvalue weighted by atomic mass is 16.6. The highest BCUT2D eigenvalue weighted by Crippen LogP contribution is 2.65. The summed E-state index contributed by atoms with van der Waals surface area (Å²) < 4.78 is 19.3. The van der Waals surface area contributed by atoms with Gasteiger partial charge in [0.1, 0.15) is 0 Å². The predicted octanol–water partition coefficient (Wildman–Crippen LogP) is 3.10. The van der Waals surface area contributed by atoms with Crippen molar-refractivity contribution in [1.82, 2.24) is 14.7 Å². The molecule has 12 aliphatic rings. The lowest BCUT2D eigenvalue weighted by molar-refractivity contribution is -0.150. The van der Waals surface area contributed by atoms with E-state index in [-0.39, 0.29) is 60.0 Å². The maximum atomic E-state index is 14.4. The number of carbonyl (C=O) groups is 3. The Morgan fingerprint density at radius 3 is 2.20 bits per heavy atom. The lowest BCUT2D eigenvalue weighted by atomic mass is 9.63. The first-order valence-electron chi connectivity index (χ1n) is 18.3. The molecule has 46 heavy (non-hydrogen) atoms. The van der Waals surface area contributed by atoms with Crippen molar-refractivity contribution in [2.45, 2.75) is 130 Å². The Morgan fingerprint density at radius 1 is 0.652 bits per heavy atom. The van der Waals surface area contributed by atoms with Crippen molar-refractivity contribution >= 4 is 17.9 Å². The zero-order chi connectivity index (χ0) is 30.3. The topological polar surface area (TPSA) is 88.6 Å². The molecular formula is C37H41N3O6. The minimum absolute atomic E-state index is 0.00966. The van der Waals surface area contributed by atoms with Gasteiger partial charge in [-0.2, -0.15) is 0 Å². The Morgan fingerprint density at radius 2 is 1.33 bits per heavy atom. The second kappa shape index (κ2) is 8.27. The summed E-state index contributed by atoms with van der Waals surface area (Å²) in [6.45, 7) is 3.10. The summed E-state index contributed by atoms with van der Waals surface area (Å²) in [5.41, 5.74) is 4.16. The van der Waals surface area contributed by atoms with Crippen LogP contribution in [0.15, 0.2) is 46.1 Å². The van der Waals surface area contributed by atoms with E-state index < -0.39 is 16.8 Å². The van der Waals surface area contributed by atoms with E-state index in [9.17, 15) is 14.4 Å². The maximum Gasteiger partial charge on any atom is 0.335 e. The van der Waals surface area contributed by atoms with Crippen molar-refractivity contribution in [2.75, 3.05) is 19.6 Å². The Hall–Kier alpha value is -2.75. The first kappa shape index (κ1) is 26.2. The van der Waals surface area contributed by atoms with E-state index in [1.165, 1.54) is 11.1 Å². The van der Waals surface area contributed by atoms with Gasteiger partial charge in [-0.1, -0.05) is 12.5 Å². The summed E-state index contributed by atoms with van der Waals surface area (Å²) in [5, 5.41) is 0. The number of ether oxygens (including phenoxy) is 3. The van der Waals surface area contributed by atoms with E-state index in [2.05, 4.69) is 20.8 Å². The number of esters is 3. The fraction of sp³-hybridized carbons (Fsp3) is 0.703. The third kappa shape index (κ3) is 2.81. The Bertz CT molecular complexity index is 1690. The highest BCUT2D eigenvalue weighted by Gasteiger charge is 2.71. The number of hydrogen-bond donors (Lipinski definition) is 0. The Balaban J connectivity index is 1.01. The number of nitrogens with zero attached hydrogens (tertiary/aromatic N) is 3. The van der Waals surface area contributed by atoms with Gasteiger partial charge < -0.3 is 14.2 Å². The van der Waals surface area contributed by atoms with Crippen LogP contribution in [0.25, 0.3) is 0 Å². The minimum atomic E-state index is -0.544. The van der Waals surface area contributed by atoms with Crippen molar-refractivity contribution < 1.29 is 28.6 Å². The van der Waals surface area contributed by atoms with Crippen molar-refractivity contribution in [2.24, 2.45) is 11.8 Å². The van der Waals surface area contributed by atoms with Crippen LogP contribution in [0.3, 0.4) is 0 Å². The van der Waals surface area contributed by atoms with Gasteiger partial charge in [-0.25, -0.2) is 14.4 Å². The van der Waals surface area contributed by atoms with Crippen LogP contribution in [0.5, 0.6) is 0 Å². The van der Waals surface area contributed by atoms with Gasteiger partial charge in [0.25, 0.3) is 0 Å². The van der Waals surface area contributed by atoms with Crippen LogP contribution >= 0.6 is 0 Å². The molecule has 12 rings (SSSR count). The quantitative estimate of drug-likeness (QED) is 0.340. The van der Waals surface area contributed by atoms with Crippen LogP contribution in [-0.2, 0) is 28.6 Å². The molecule has 3 aliphatic carbocycles. The van der Waals surface area contributed by atoms with E-state index in [4.69, 9.17) is 14.2 Å². The molecule has 9 aliphatic heterocycles. The average molecular weight is 624 g/mol. The van der Waals surface area contributed by atoms with Crippen molar-refractivity contribution in [3.8, 4) is 0 Å². The number of piperidine rings is 1. The molecule has 8 fully saturated rings. The van der Waals surface area contributed by atoms with Crippen molar-refractivity contribution in [1.29, 1.82) is 0 Å². The lowest BCUT2D eigenvalue weighted by Gasteiger charge is -2.42. The van der Waals surface area contributed by atoms with Crippen LogP contribution in [0.4, 0.5) is 0 Å². The Kier molecular flexibility index (Phi) is 4.71. The average Bonchev–Trinajstić information content (AvgIpc) is 3.89. The van der Waals surface area contributed by atoms with Gasteiger partial charge in [0.05, 0.1) is 18.1 Å². The normalized spacial score (nSPS) is 51.1. The van der Waals surface area contributed by atoms with E-state index in [0.717, 1.165) is 107 Å². The standard InChI is InChI=1S/C37H41N3O6/c41-31-12-19-11-23(27-17-35(19,44-31)28-5-1-2-8-39(27)28)33-25-14-22(26-18-37(25,46-34(33)43)30-7-4-10-40(26)30)21-13-20-16-36(24(21)15-32(42)45-36)29-6-3-9-38(20)29/h12-13,15,20,22-23,26-30H,1-11,14,16-18H2/t20-,22+,23-,26+,27-,28-,29-,30-,35-,36+,37+/m1/s1.